The Hall–Kier alpha value is -2.92. The van der Waals surface area contributed by atoms with Crippen LogP contribution in [0.3, 0.4) is 0 Å². The van der Waals surface area contributed by atoms with Crippen molar-refractivity contribution >= 4 is 28.5 Å². The first-order valence-corrected chi connectivity index (χ1v) is 11.5. The van der Waals surface area contributed by atoms with Crippen molar-refractivity contribution in [3.63, 3.8) is 0 Å². The summed E-state index contributed by atoms with van der Waals surface area (Å²) in [5.74, 6) is -1.25. The minimum atomic E-state index is -4.48. The van der Waals surface area contributed by atoms with E-state index in [9.17, 15) is 27.9 Å². The van der Waals surface area contributed by atoms with Crippen molar-refractivity contribution in [2.24, 2.45) is 0 Å². The third kappa shape index (κ3) is 4.66. The number of thioether (sulfide) groups is 1. The number of benzene rings is 3. The van der Waals surface area contributed by atoms with Crippen molar-refractivity contribution in [1.82, 2.24) is 4.57 Å². The van der Waals surface area contributed by atoms with Gasteiger partial charge in [-0.15, -0.1) is 11.8 Å². The molecule has 0 saturated carbocycles. The van der Waals surface area contributed by atoms with Crippen LogP contribution in [0.15, 0.2) is 82.6 Å². The van der Waals surface area contributed by atoms with Crippen LogP contribution in [0.1, 0.15) is 22.7 Å². The molecule has 2 heterocycles. The van der Waals surface area contributed by atoms with Crippen LogP contribution < -0.4 is 29.5 Å². The summed E-state index contributed by atoms with van der Waals surface area (Å²) >= 11 is 1.20. The molecule has 35 heavy (non-hydrogen) atoms. The molecule has 0 radical (unpaired) electrons. The number of hydrogen-bond acceptors (Lipinski definition) is 4. The normalized spacial score (nSPS) is 15.0. The number of rotatable bonds is 4. The summed E-state index contributed by atoms with van der Waals surface area (Å²) in [5, 5.41) is 14.1. The van der Waals surface area contributed by atoms with E-state index in [0.717, 1.165) is 28.5 Å². The zero-order valence-electron chi connectivity index (χ0n) is 18.6. The molecular formula is C26H17F3LiNO3S. The summed E-state index contributed by atoms with van der Waals surface area (Å²) in [6.07, 6.45) is -4.12. The number of aliphatic carboxylic acids is 1. The third-order valence-electron chi connectivity index (χ3n) is 6.01. The molecule has 3 aromatic carbocycles. The Kier molecular flexibility index (Phi) is 6.92. The fourth-order valence-corrected chi connectivity index (χ4v) is 5.77. The molecule has 172 valence electrons. The van der Waals surface area contributed by atoms with E-state index in [2.05, 4.69) is 0 Å². The van der Waals surface area contributed by atoms with Gasteiger partial charge in [-0.3, -0.25) is 9.36 Å². The number of carboxylic acid groups (broad SMARTS) is 1. The molecule has 4 aromatic rings. The molecule has 1 aromatic heterocycles. The number of pyridine rings is 1. The standard InChI is InChI=1S/C26H18F3NO3S.Li/c27-26(28,29)19-10-8-16(9-11-19)23-18(12-17-6-3-5-15-4-1-2-7-20(15)17)13-22(31)30-21(25(32)33)14-34-24(23)30;/h1-11,13,21H,12,14H2,(H,32,33);/q;+1/p-1/t21-;/m0./s1. The number of aromatic nitrogens is 1. The minimum Gasteiger partial charge on any atom is -0.548 e. The van der Waals surface area contributed by atoms with E-state index in [1.807, 2.05) is 42.5 Å². The fraction of sp³-hybridized carbons (Fsp3) is 0.154. The van der Waals surface area contributed by atoms with Crippen LogP contribution in [-0.2, 0) is 17.4 Å². The Morgan fingerprint density at radius 1 is 1.00 bits per heavy atom. The molecule has 0 amide bonds. The van der Waals surface area contributed by atoms with Crippen LogP contribution in [0.25, 0.3) is 21.9 Å². The minimum absolute atomic E-state index is 0. The van der Waals surface area contributed by atoms with Crippen molar-refractivity contribution in [3.05, 3.63) is 99.8 Å². The first-order chi connectivity index (χ1) is 16.2. The molecule has 0 N–H and O–H groups in total. The molecule has 1 aliphatic heterocycles. The average Bonchev–Trinajstić information content (AvgIpc) is 3.25. The number of hydrogen-bond donors (Lipinski definition) is 0. The van der Waals surface area contributed by atoms with Crippen molar-refractivity contribution in [3.8, 4) is 11.1 Å². The summed E-state index contributed by atoms with van der Waals surface area (Å²) < 4.78 is 40.6. The van der Waals surface area contributed by atoms with Gasteiger partial charge in [0.15, 0.2) is 0 Å². The van der Waals surface area contributed by atoms with Gasteiger partial charge in [-0.1, -0.05) is 54.6 Å². The Morgan fingerprint density at radius 2 is 1.69 bits per heavy atom. The number of carbonyl (C=O) groups excluding carboxylic acids is 1. The largest absolute Gasteiger partial charge is 1.00 e. The van der Waals surface area contributed by atoms with Crippen LogP contribution in [0.4, 0.5) is 13.2 Å². The molecule has 1 aliphatic rings. The van der Waals surface area contributed by atoms with Gasteiger partial charge in [-0.2, -0.15) is 13.2 Å². The van der Waals surface area contributed by atoms with Gasteiger partial charge in [0.2, 0.25) is 0 Å². The van der Waals surface area contributed by atoms with Gasteiger partial charge in [0.25, 0.3) is 5.56 Å². The number of nitrogens with zero attached hydrogens (tertiary/aromatic N) is 1. The molecule has 0 aliphatic carbocycles. The number of halogens is 3. The molecule has 0 spiro atoms. The Bertz CT molecular complexity index is 1480. The van der Waals surface area contributed by atoms with Gasteiger partial charge >= 0.3 is 25.0 Å². The van der Waals surface area contributed by atoms with Crippen LogP contribution in [0, 0.1) is 0 Å². The van der Waals surface area contributed by atoms with Crippen LogP contribution in [0.5, 0.6) is 0 Å². The molecule has 4 nitrogen and oxygen atoms in total. The van der Waals surface area contributed by atoms with Crippen molar-refractivity contribution in [1.29, 1.82) is 0 Å². The van der Waals surface area contributed by atoms with E-state index in [-0.39, 0.29) is 24.6 Å². The van der Waals surface area contributed by atoms with E-state index < -0.39 is 29.3 Å². The number of fused-ring (bicyclic) bond motifs is 2. The van der Waals surface area contributed by atoms with Crippen LogP contribution in [-0.4, -0.2) is 16.3 Å². The van der Waals surface area contributed by atoms with Crippen molar-refractivity contribution in [2.45, 2.75) is 23.7 Å². The van der Waals surface area contributed by atoms with Gasteiger partial charge < -0.3 is 9.90 Å². The van der Waals surface area contributed by atoms with E-state index in [1.165, 1.54) is 34.5 Å². The second-order valence-corrected chi connectivity index (χ2v) is 9.10. The maximum atomic E-state index is 13.1. The van der Waals surface area contributed by atoms with Crippen LogP contribution in [0.2, 0.25) is 0 Å². The van der Waals surface area contributed by atoms with E-state index >= 15 is 0 Å². The topological polar surface area (TPSA) is 62.1 Å². The molecule has 0 saturated heterocycles. The zero-order valence-corrected chi connectivity index (χ0v) is 19.5. The van der Waals surface area contributed by atoms with Gasteiger partial charge in [-0.25, -0.2) is 0 Å². The Labute approximate surface area is 215 Å². The molecular weight excluding hydrogens is 470 g/mol. The summed E-state index contributed by atoms with van der Waals surface area (Å²) in [4.78, 5) is 24.6. The Balaban J connectivity index is 0.00000289. The van der Waals surface area contributed by atoms with E-state index in [1.54, 1.807) is 0 Å². The predicted molar refractivity (Wildman–Crippen MR) is 123 cm³/mol. The van der Waals surface area contributed by atoms with Gasteiger partial charge in [-0.05, 0) is 46.0 Å². The van der Waals surface area contributed by atoms with Crippen LogP contribution >= 0.6 is 11.8 Å². The smallest absolute Gasteiger partial charge is 0.548 e. The van der Waals surface area contributed by atoms with E-state index in [0.29, 0.717) is 28.1 Å². The monoisotopic (exact) mass is 487 g/mol. The zero-order chi connectivity index (χ0) is 24.0. The summed E-state index contributed by atoms with van der Waals surface area (Å²) in [6, 6.07) is 18.6. The maximum absolute atomic E-state index is 13.1. The predicted octanol–water partition coefficient (Wildman–Crippen LogP) is 1.68. The summed E-state index contributed by atoms with van der Waals surface area (Å²) in [6.45, 7) is 0. The van der Waals surface area contributed by atoms with Crippen molar-refractivity contribution < 1.29 is 41.9 Å². The first-order valence-electron chi connectivity index (χ1n) is 10.5. The fourth-order valence-electron chi connectivity index (χ4n) is 4.42. The number of carboxylic acids is 1. The van der Waals surface area contributed by atoms with Gasteiger partial charge in [0.1, 0.15) is 0 Å². The second-order valence-electron chi connectivity index (χ2n) is 8.09. The third-order valence-corrected chi connectivity index (χ3v) is 7.17. The Morgan fingerprint density at radius 3 is 2.37 bits per heavy atom. The molecule has 0 fully saturated rings. The molecule has 0 unspecified atom stereocenters. The van der Waals surface area contributed by atoms with Gasteiger partial charge in [0.05, 0.1) is 22.6 Å². The van der Waals surface area contributed by atoms with E-state index in [4.69, 9.17) is 0 Å². The summed E-state index contributed by atoms with van der Waals surface area (Å²) in [5.41, 5.74) is 1.37. The molecule has 5 rings (SSSR count). The quantitative estimate of drug-likeness (QED) is 0.411. The SMILES string of the molecule is O=C([O-])[C@@H]1CSc2c(-c3ccc(C(F)(F)F)cc3)c(Cc3cccc4ccccc34)cc(=O)n21.[Li+]. The molecule has 1 atom stereocenters. The number of carbonyl (C=O) groups is 1. The molecule has 9 heteroatoms. The summed E-state index contributed by atoms with van der Waals surface area (Å²) in [7, 11) is 0. The average molecular weight is 487 g/mol. The van der Waals surface area contributed by atoms with Crippen molar-refractivity contribution in [2.75, 3.05) is 5.75 Å². The second kappa shape index (κ2) is 9.61. The van der Waals surface area contributed by atoms with Gasteiger partial charge in [0, 0.05) is 17.4 Å². The molecule has 0 bridgehead atoms. The number of alkyl halides is 3. The maximum Gasteiger partial charge on any atom is 1.00 e. The first kappa shape index (κ1) is 25.2.